The molecule has 0 amide bonds. The summed E-state index contributed by atoms with van der Waals surface area (Å²) >= 11 is 0. The summed E-state index contributed by atoms with van der Waals surface area (Å²) in [5.74, 6) is 0.677. The third-order valence-electron chi connectivity index (χ3n) is 3.76. The molecule has 1 N–H and O–H groups in total. The van der Waals surface area contributed by atoms with Crippen LogP contribution in [0, 0.1) is 12.3 Å². The fraction of sp³-hybridized carbons (Fsp3) is 0.389. The van der Waals surface area contributed by atoms with Gasteiger partial charge in [0.15, 0.2) is 11.3 Å². The number of carbonyl (C=O) groups is 1. The van der Waals surface area contributed by atoms with E-state index in [1.54, 1.807) is 17.7 Å². The molecule has 5 nitrogen and oxygen atoms in total. The van der Waals surface area contributed by atoms with Crippen LogP contribution in [-0.4, -0.2) is 21.9 Å². The number of Topliss-reactive ketones (excluding diaryl/α,β-unsaturated/α-hetero) is 1. The second-order valence-corrected chi connectivity index (χ2v) is 5.40. The zero-order valence-electron chi connectivity index (χ0n) is 14.3. The van der Waals surface area contributed by atoms with Crippen molar-refractivity contribution >= 4 is 5.78 Å². The SMILES string of the molecule is CCOCc1cn(CC(=O)c2ccc(CC)cc2)c(C)nc1=N.[Br-]. The molecular weight excluding hydrogens is 370 g/mol. The van der Waals surface area contributed by atoms with Crippen LogP contribution < -0.4 is 22.5 Å². The van der Waals surface area contributed by atoms with Gasteiger partial charge in [0, 0.05) is 23.9 Å². The third kappa shape index (κ3) is 5.11. The Morgan fingerprint density at radius 1 is 1.25 bits per heavy atom. The van der Waals surface area contributed by atoms with Crippen LogP contribution in [0.3, 0.4) is 0 Å². The Labute approximate surface area is 153 Å². The van der Waals surface area contributed by atoms with Gasteiger partial charge < -0.3 is 26.3 Å². The molecule has 0 spiro atoms. The van der Waals surface area contributed by atoms with Gasteiger partial charge in [0.05, 0.1) is 13.2 Å². The van der Waals surface area contributed by atoms with E-state index in [1.807, 2.05) is 31.2 Å². The molecule has 0 radical (unpaired) electrons. The van der Waals surface area contributed by atoms with E-state index in [-0.39, 0.29) is 34.8 Å². The summed E-state index contributed by atoms with van der Waals surface area (Å²) in [4.78, 5) is 16.6. The predicted molar refractivity (Wildman–Crippen MR) is 88.3 cm³/mol. The number of nitrogens with zero attached hydrogens (tertiary/aromatic N) is 2. The van der Waals surface area contributed by atoms with Crippen molar-refractivity contribution in [1.82, 2.24) is 9.55 Å². The van der Waals surface area contributed by atoms with Gasteiger partial charge in [0.2, 0.25) is 0 Å². The molecule has 0 aliphatic heterocycles. The van der Waals surface area contributed by atoms with E-state index >= 15 is 0 Å². The zero-order valence-corrected chi connectivity index (χ0v) is 15.9. The average molecular weight is 393 g/mol. The van der Waals surface area contributed by atoms with Crippen LogP contribution in [-0.2, 0) is 24.3 Å². The number of rotatable bonds is 7. The molecule has 0 bridgehead atoms. The van der Waals surface area contributed by atoms with Crippen LogP contribution in [0.4, 0.5) is 0 Å². The molecule has 6 heteroatoms. The van der Waals surface area contributed by atoms with Crippen LogP contribution in [0.15, 0.2) is 30.5 Å². The van der Waals surface area contributed by atoms with E-state index in [0.717, 1.165) is 6.42 Å². The molecule has 1 aromatic heterocycles. The lowest BCUT2D eigenvalue weighted by Crippen LogP contribution is -3.00. The van der Waals surface area contributed by atoms with Gasteiger partial charge in [0.1, 0.15) is 5.82 Å². The summed E-state index contributed by atoms with van der Waals surface area (Å²) in [6, 6.07) is 7.70. The smallest absolute Gasteiger partial charge is 0.182 e. The Balaban J connectivity index is 0.00000288. The first-order valence-electron chi connectivity index (χ1n) is 7.86. The summed E-state index contributed by atoms with van der Waals surface area (Å²) in [5, 5.41) is 7.89. The Kier molecular flexibility index (Phi) is 8.01. The minimum Gasteiger partial charge on any atom is -1.00 e. The first kappa shape index (κ1) is 20.3. The third-order valence-corrected chi connectivity index (χ3v) is 3.76. The van der Waals surface area contributed by atoms with Crippen molar-refractivity contribution in [2.75, 3.05) is 6.61 Å². The van der Waals surface area contributed by atoms with E-state index in [9.17, 15) is 4.79 Å². The van der Waals surface area contributed by atoms with E-state index in [4.69, 9.17) is 10.1 Å². The fourth-order valence-corrected chi connectivity index (χ4v) is 2.29. The van der Waals surface area contributed by atoms with Gasteiger partial charge in [0.25, 0.3) is 0 Å². The lowest BCUT2D eigenvalue weighted by Gasteiger charge is -2.12. The summed E-state index contributed by atoms with van der Waals surface area (Å²) < 4.78 is 7.13. The average Bonchev–Trinajstić information content (AvgIpc) is 2.56. The molecule has 0 fully saturated rings. The van der Waals surface area contributed by atoms with Gasteiger partial charge in [-0.1, -0.05) is 31.2 Å². The second kappa shape index (κ2) is 9.49. The molecule has 24 heavy (non-hydrogen) atoms. The number of carbonyl (C=O) groups excluding carboxylic acids is 1. The maximum atomic E-state index is 12.4. The molecule has 0 unspecified atom stereocenters. The summed E-state index contributed by atoms with van der Waals surface area (Å²) in [7, 11) is 0. The Morgan fingerprint density at radius 2 is 1.92 bits per heavy atom. The van der Waals surface area contributed by atoms with Crippen LogP contribution in [0.2, 0.25) is 0 Å². The van der Waals surface area contributed by atoms with Gasteiger partial charge in [-0.05, 0) is 25.8 Å². The first-order chi connectivity index (χ1) is 11.0. The van der Waals surface area contributed by atoms with Crippen molar-refractivity contribution in [3.63, 3.8) is 0 Å². The summed E-state index contributed by atoms with van der Waals surface area (Å²) in [5.41, 5.74) is 2.79. The molecule has 0 atom stereocenters. The van der Waals surface area contributed by atoms with Crippen molar-refractivity contribution in [1.29, 1.82) is 5.41 Å². The fourth-order valence-electron chi connectivity index (χ4n) is 2.29. The monoisotopic (exact) mass is 392 g/mol. The van der Waals surface area contributed by atoms with E-state index in [0.29, 0.717) is 30.2 Å². The van der Waals surface area contributed by atoms with Crippen molar-refractivity contribution in [2.24, 2.45) is 0 Å². The predicted octanol–water partition coefficient (Wildman–Crippen LogP) is -0.343. The maximum Gasteiger partial charge on any atom is 0.182 e. The number of ketones is 1. The first-order valence-corrected chi connectivity index (χ1v) is 7.86. The lowest BCUT2D eigenvalue weighted by molar-refractivity contribution is -0.0000138. The van der Waals surface area contributed by atoms with Crippen molar-refractivity contribution in [3.05, 3.63) is 58.5 Å². The number of hydrogen-bond acceptors (Lipinski definition) is 4. The quantitative estimate of drug-likeness (QED) is 0.655. The molecule has 0 aliphatic carbocycles. The van der Waals surface area contributed by atoms with Crippen LogP contribution >= 0.6 is 0 Å². The molecule has 1 heterocycles. The van der Waals surface area contributed by atoms with E-state index < -0.39 is 0 Å². The van der Waals surface area contributed by atoms with Crippen molar-refractivity contribution in [3.8, 4) is 0 Å². The van der Waals surface area contributed by atoms with Crippen LogP contribution in [0.1, 0.15) is 41.2 Å². The number of aryl methyl sites for hydroxylation is 2. The molecule has 0 aliphatic rings. The van der Waals surface area contributed by atoms with Crippen LogP contribution in [0.5, 0.6) is 0 Å². The van der Waals surface area contributed by atoms with Gasteiger partial charge in [-0.25, -0.2) is 4.98 Å². The normalized spacial score (nSPS) is 10.3. The van der Waals surface area contributed by atoms with Crippen molar-refractivity contribution in [2.45, 2.75) is 40.3 Å². The van der Waals surface area contributed by atoms with E-state index in [2.05, 4.69) is 11.9 Å². The highest BCUT2D eigenvalue weighted by Crippen LogP contribution is 2.08. The molecule has 2 aromatic rings. The maximum absolute atomic E-state index is 12.4. The lowest BCUT2D eigenvalue weighted by atomic mass is 10.1. The summed E-state index contributed by atoms with van der Waals surface area (Å²) in [6.45, 7) is 6.92. The number of aromatic nitrogens is 2. The molecule has 130 valence electrons. The van der Waals surface area contributed by atoms with Crippen molar-refractivity contribution < 1.29 is 26.5 Å². The molecule has 0 saturated carbocycles. The summed E-state index contributed by atoms with van der Waals surface area (Å²) in [6.07, 6.45) is 2.75. The second-order valence-electron chi connectivity index (χ2n) is 5.40. The minimum atomic E-state index is 0. The Hall–Kier alpha value is -1.79. The topological polar surface area (TPSA) is 68.0 Å². The molecule has 0 saturated heterocycles. The minimum absolute atomic E-state index is 0. The standard InChI is InChI=1S/C18H23N3O2.BrH/c1-4-14-6-8-15(9-7-14)17(22)11-21-10-16(12-23-5-2)18(19)20-13(21)3;/h6-10,19H,4-5,11-12H2,1-3H3;1H/p-1. The largest absolute Gasteiger partial charge is 1.00 e. The Morgan fingerprint density at radius 3 is 2.50 bits per heavy atom. The highest BCUT2D eigenvalue weighted by atomic mass is 79.9. The molecule has 1 aromatic carbocycles. The van der Waals surface area contributed by atoms with Gasteiger partial charge in [-0.2, -0.15) is 0 Å². The number of nitrogens with one attached hydrogen (secondary N) is 1. The number of halogens is 1. The number of hydrogen-bond donors (Lipinski definition) is 1. The highest BCUT2D eigenvalue weighted by molar-refractivity contribution is 5.95. The molecule has 2 rings (SSSR count). The highest BCUT2D eigenvalue weighted by Gasteiger charge is 2.10. The number of ether oxygens (including phenoxy) is 1. The molecular formula is C18H23BrN3O2-. The van der Waals surface area contributed by atoms with Gasteiger partial charge in [-0.3, -0.25) is 10.2 Å². The van der Waals surface area contributed by atoms with E-state index in [1.165, 1.54) is 5.56 Å². The Bertz CT molecular complexity index is 739. The van der Waals surface area contributed by atoms with Gasteiger partial charge >= 0.3 is 0 Å². The van der Waals surface area contributed by atoms with Gasteiger partial charge in [-0.15, -0.1) is 0 Å². The number of benzene rings is 1. The zero-order chi connectivity index (χ0) is 16.8. The van der Waals surface area contributed by atoms with Crippen LogP contribution in [0.25, 0.3) is 0 Å².